The zero-order valence-electron chi connectivity index (χ0n) is 10.5. The fourth-order valence-electron chi connectivity index (χ4n) is 1.89. The average Bonchev–Trinajstić information content (AvgIpc) is 2.87. The summed E-state index contributed by atoms with van der Waals surface area (Å²) in [6.45, 7) is 0. The van der Waals surface area contributed by atoms with Crippen LogP contribution in [0.4, 0.5) is 0 Å². The van der Waals surface area contributed by atoms with Crippen molar-refractivity contribution in [2.75, 3.05) is 0 Å². The number of aromatic amines is 1. The smallest absolute Gasteiger partial charge is 0.227 e. The highest BCUT2D eigenvalue weighted by Gasteiger charge is 2.20. The Morgan fingerprint density at radius 1 is 1.14 bits per heavy atom. The van der Waals surface area contributed by atoms with Crippen molar-refractivity contribution in [1.82, 2.24) is 15.0 Å². The zero-order valence-corrected chi connectivity index (χ0v) is 12.9. The molecular weight excluding hydrogens is 333 g/mol. The predicted octanol–water partition coefficient (Wildman–Crippen LogP) is 3.24. The lowest BCUT2D eigenvalue weighted by Crippen LogP contribution is -2.07. The lowest BCUT2D eigenvalue weighted by molar-refractivity contribution is 0.588. The van der Waals surface area contributed by atoms with Crippen molar-refractivity contribution in [3.63, 3.8) is 0 Å². The Balaban J connectivity index is 1.97. The number of rotatable bonds is 3. The maximum absolute atomic E-state index is 12.4. The van der Waals surface area contributed by atoms with Crippen LogP contribution in [0.3, 0.4) is 0 Å². The van der Waals surface area contributed by atoms with Gasteiger partial charge in [-0.3, -0.25) is 0 Å². The van der Waals surface area contributed by atoms with Gasteiger partial charge in [-0.15, -0.1) is 0 Å². The van der Waals surface area contributed by atoms with Gasteiger partial charge in [-0.05, 0) is 29.8 Å². The molecule has 0 saturated heterocycles. The molecule has 0 fully saturated rings. The summed E-state index contributed by atoms with van der Waals surface area (Å²) in [6, 6.07) is 8.13. The molecule has 108 valence electrons. The first-order valence-electron chi connectivity index (χ1n) is 5.93. The Labute approximate surface area is 130 Å². The van der Waals surface area contributed by atoms with Crippen LogP contribution in [0.1, 0.15) is 5.56 Å². The summed E-state index contributed by atoms with van der Waals surface area (Å²) in [4.78, 5) is 10.8. The summed E-state index contributed by atoms with van der Waals surface area (Å²) >= 11 is 11.7. The number of benzene rings is 1. The van der Waals surface area contributed by atoms with E-state index in [9.17, 15) is 8.42 Å². The number of pyridine rings is 1. The summed E-state index contributed by atoms with van der Waals surface area (Å²) in [5.74, 6) is -0.219. The number of nitrogens with one attached hydrogen (secondary N) is 1. The van der Waals surface area contributed by atoms with Gasteiger partial charge < -0.3 is 4.98 Å². The maximum Gasteiger partial charge on any atom is 0.227 e. The molecule has 0 saturated carbocycles. The van der Waals surface area contributed by atoms with Gasteiger partial charge in [0.1, 0.15) is 0 Å². The van der Waals surface area contributed by atoms with Crippen molar-refractivity contribution in [1.29, 1.82) is 0 Å². The van der Waals surface area contributed by atoms with Gasteiger partial charge in [0.2, 0.25) is 15.0 Å². The SMILES string of the molecule is O=S(=O)(Cc1ccc(Cl)c(Cl)c1)c1nc2ncccc2[nH]1. The van der Waals surface area contributed by atoms with Crippen LogP contribution in [0.2, 0.25) is 10.0 Å². The van der Waals surface area contributed by atoms with Crippen molar-refractivity contribution in [3.05, 3.63) is 52.1 Å². The Bertz CT molecular complexity index is 889. The first-order valence-corrected chi connectivity index (χ1v) is 8.34. The number of sulfone groups is 1. The minimum Gasteiger partial charge on any atom is -0.327 e. The summed E-state index contributed by atoms with van der Waals surface area (Å²) in [6.07, 6.45) is 1.55. The van der Waals surface area contributed by atoms with E-state index in [2.05, 4.69) is 15.0 Å². The van der Waals surface area contributed by atoms with Crippen LogP contribution in [-0.2, 0) is 15.6 Å². The van der Waals surface area contributed by atoms with Crippen molar-refractivity contribution in [2.45, 2.75) is 10.9 Å². The monoisotopic (exact) mass is 341 g/mol. The van der Waals surface area contributed by atoms with Gasteiger partial charge in [0.25, 0.3) is 0 Å². The highest BCUT2D eigenvalue weighted by atomic mass is 35.5. The van der Waals surface area contributed by atoms with E-state index in [4.69, 9.17) is 23.2 Å². The number of imidazole rings is 1. The number of H-pyrrole nitrogens is 1. The standard InChI is InChI=1S/C13H9Cl2N3O2S/c14-9-4-3-8(6-10(9)15)7-21(19,20)13-17-11-2-1-5-16-12(11)18-13/h1-6H,7H2,(H,16,17,18). The van der Waals surface area contributed by atoms with Crippen LogP contribution in [0.15, 0.2) is 41.7 Å². The van der Waals surface area contributed by atoms with Crippen LogP contribution in [0.5, 0.6) is 0 Å². The third-order valence-corrected chi connectivity index (χ3v) is 5.11. The Morgan fingerprint density at radius 3 is 2.67 bits per heavy atom. The van der Waals surface area contributed by atoms with E-state index in [0.29, 0.717) is 26.8 Å². The molecule has 1 aromatic carbocycles. The number of aromatic nitrogens is 3. The first-order chi connectivity index (χ1) is 9.95. The second-order valence-electron chi connectivity index (χ2n) is 4.42. The van der Waals surface area contributed by atoms with E-state index in [0.717, 1.165) is 0 Å². The highest BCUT2D eigenvalue weighted by molar-refractivity contribution is 7.90. The second-order valence-corrected chi connectivity index (χ2v) is 7.14. The van der Waals surface area contributed by atoms with E-state index in [1.165, 1.54) is 6.07 Å². The van der Waals surface area contributed by atoms with E-state index in [-0.39, 0.29) is 10.9 Å². The molecule has 0 atom stereocenters. The molecular formula is C13H9Cl2N3O2S. The number of hydrogen-bond acceptors (Lipinski definition) is 4. The van der Waals surface area contributed by atoms with Crippen molar-refractivity contribution >= 4 is 44.2 Å². The van der Waals surface area contributed by atoms with Gasteiger partial charge in [0, 0.05) is 6.20 Å². The molecule has 0 radical (unpaired) electrons. The Morgan fingerprint density at radius 2 is 1.95 bits per heavy atom. The summed E-state index contributed by atoms with van der Waals surface area (Å²) < 4.78 is 24.7. The van der Waals surface area contributed by atoms with Crippen LogP contribution in [-0.4, -0.2) is 23.4 Å². The summed E-state index contributed by atoms with van der Waals surface area (Å²) in [5, 5.41) is 0.587. The van der Waals surface area contributed by atoms with E-state index >= 15 is 0 Å². The molecule has 8 heteroatoms. The van der Waals surface area contributed by atoms with Crippen molar-refractivity contribution in [3.8, 4) is 0 Å². The lowest BCUT2D eigenvalue weighted by atomic mass is 10.2. The summed E-state index contributed by atoms with van der Waals surface area (Å²) in [7, 11) is -3.61. The first kappa shape index (κ1) is 14.3. The number of nitrogens with zero attached hydrogens (tertiary/aromatic N) is 2. The Hall–Kier alpha value is -1.63. The van der Waals surface area contributed by atoms with Crippen molar-refractivity contribution < 1.29 is 8.42 Å². The fourth-order valence-corrected chi connectivity index (χ4v) is 3.45. The molecule has 2 heterocycles. The number of hydrogen-bond donors (Lipinski definition) is 1. The molecule has 0 aliphatic rings. The lowest BCUT2D eigenvalue weighted by Gasteiger charge is -2.03. The van der Waals surface area contributed by atoms with Gasteiger partial charge >= 0.3 is 0 Å². The molecule has 0 amide bonds. The Kier molecular flexibility index (Phi) is 3.61. The van der Waals surface area contributed by atoms with Gasteiger partial charge in [0.15, 0.2) is 5.65 Å². The molecule has 3 rings (SSSR count). The zero-order chi connectivity index (χ0) is 15.0. The topological polar surface area (TPSA) is 75.7 Å². The van der Waals surface area contributed by atoms with Crippen LogP contribution in [0, 0.1) is 0 Å². The number of halogens is 2. The molecule has 5 nitrogen and oxygen atoms in total. The molecule has 0 bridgehead atoms. The predicted molar refractivity (Wildman–Crippen MR) is 81.2 cm³/mol. The normalized spacial score (nSPS) is 11.9. The molecule has 0 spiro atoms. The summed E-state index contributed by atoms with van der Waals surface area (Å²) in [5.41, 5.74) is 1.48. The van der Waals surface area contributed by atoms with Gasteiger partial charge in [-0.2, -0.15) is 4.98 Å². The molecule has 2 aromatic heterocycles. The van der Waals surface area contributed by atoms with E-state index in [1.54, 1.807) is 30.5 Å². The largest absolute Gasteiger partial charge is 0.327 e. The molecule has 1 N–H and O–H groups in total. The quantitative estimate of drug-likeness (QED) is 0.793. The highest BCUT2D eigenvalue weighted by Crippen LogP contribution is 2.24. The maximum atomic E-state index is 12.4. The minimum absolute atomic E-state index is 0.109. The molecule has 0 aliphatic carbocycles. The second kappa shape index (κ2) is 5.29. The molecule has 0 unspecified atom stereocenters. The third kappa shape index (κ3) is 2.88. The van der Waals surface area contributed by atoms with Crippen LogP contribution >= 0.6 is 23.2 Å². The molecule has 0 aliphatic heterocycles. The molecule has 21 heavy (non-hydrogen) atoms. The molecule has 3 aromatic rings. The third-order valence-electron chi connectivity index (χ3n) is 2.87. The van der Waals surface area contributed by atoms with Crippen molar-refractivity contribution in [2.24, 2.45) is 0 Å². The number of fused-ring (bicyclic) bond motifs is 1. The van der Waals surface area contributed by atoms with Crippen LogP contribution < -0.4 is 0 Å². The van der Waals surface area contributed by atoms with E-state index in [1.807, 2.05) is 0 Å². The van der Waals surface area contributed by atoms with Gasteiger partial charge in [-0.1, -0.05) is 29.3 Å². The van der Waals surface area contributed by atoms with Gasteiger partial charge in [-0.25, -0.2) is 13.4 Å². The van der Waals surface area contributed by atoms with E-state index < -0.39 is 9.84 Å². The van der Waals surface area contributed by atoms with Gasteiger partial charge in [0.05, 0.1) is 21.3 Å². The average molecular weight is 342 g/mol. The fraction of sp³-hybridized carbons (Fsp3) is 0.0769. The van der Waals surface area contributed by atoms with Crippen LogP contribution in [0.25, 0.3) is 11.2 Å². The minimum atomic E-state index is -3.61.